The normalized spacial score (nSPS) is 10.2. The van der Waals surface area contributed by atoms with E-state index in [1.54, 1.807) is 28.8 Å². The minimum atomic E-state index is -1.24. The van der Waals surface area contributed by atoms with Gasteiger partial charge in [-0.3, -0.25) is 4.79 Å². The molecule has 0 saturated heterocycles. The number of aromatic carboxylic acids is 1. The average Bonchev–Trinajstić information content (AvgIpc) is 2.34. The van der Waals surface area contributed by atoms with E-state index < -0.39 is 11.4 Å². The number of hydrogen-bond donors (Lipinski definition) is 2. The van der Waals surface area contributed by atoms with Crippen LogP contribution in [0.2, 0.25) is 0 Å². The van der Waals surface area contributed by atoms with Gasteiger partial charge in [0.25, 0.3) is 0 Å². The molecule has 5 nitrogen and oxygen atoms in total. The summed E-state index contributed by atoms with van der Waals surface area (Å²) in [4.78, 5) is 22.1. The monoisotopic (exact) mass is 245 g/mol. The first kappa shape index (κ1) is 11.9. The third-order valence-corrected chi connectivity index (χ3v) is 2.51. The van der Waals surface area contributed by atoms with Crippen LogP contribution in [0.25, 0.3) is 0 Å². The summed E-state index contributed by atoms with van der Waals surface area (Å²) in [7, 11) is 0. The van der Waals surface area contributed by atoms with Crippen LogP contribution in [-0.2, 0) is 6.54 Å². The molecule has 0 aliphatic carbocycles. The highest BCUT2D eigenvalue weighted by molar-refractivity contribution is 5.86. The number of rotatable bonds is 3. The van der Waals surface area contributed by atoms with Crippen molar-refractivity contribution in [3.8, 4) is 5.75 Å². The van der Waals surface area contributed by atoms with E-state index in [1.807, 2.05) is 0 Å². The Bertz CT molecular complexity index is 628. The molecule has 2 rings (SSSR count). The molecule has 0 spiro atoms. The van der Waals surface area contributed by atoms with Gasteiger partial charge < -0.3 is 14.8 Å². The van der Waals surface area contributed by atoms with Crippen molar-refractivity contribution in [2.24, 2.45) is 0 Å². The zero-order valence-corrected chi connectivity index (χ0v) is 9.41. The molecule has 2 aromatic rings. The van der Waals surface area contributed by atoms with Gasteiger partial charge in [-0.15, -0.1) is 0 Å². The lowest BCUT2D eigenvalue weighted by molar-refractivity contribution is 0.0694. The molecule has 2 N–H and O–H groups in total. The fraction of sp³-hybridized carbons (Fsp3) is 0.0769. The van der Waals surface area contributed by atoms with Gasteiger partial charge in [0, 0.05) is 25.0 Å². The van der Waals surface area contributed by atoms with Gasteiger partial charge in [0.1, 0.15) is 11.3 Å². The van der Waals surface area contributed by atoms with Crippen LogP contribution in [0.15, 0.2) is 47.5 Å². The number of aromatic nitrogens is 1. The Morgan fingerprint density at radius 1 is 1.17 bits per heavy atom. The first-order valence-electron chi connectivity index (χ1n) is 5.27. The second-order valence-electron chi connectivity index (χ2n) is 3.87. The van der Waals surface area contributed by atoms with Gasteiger partial charge in [0.2, 0.25) is 0 Å². The standard InChI is InChI=1S/C13H11NO4/c15-10-3-1-9(2-4-10)7-14-6-5-12(16)11(8-14)13(17)18/h1-6,8,15H,7H2,(H,17,18). The zero-order valence-electron chi connectivity index (χ0n) is 9.41. The number of nitrogens with zero attached hydrogens (tertiary/aromatic N) is 1. The Labute approximate surface area is 103 Å². The summed E-state index contributed by atoms with van der Waals surface area (Å²) in [6.45, 7) is 0.431. The van der Waals surface area contributed by atoms with Crippen molar-refractivity contribution in [3.05, 3.63) is 64.1 Å². The fourth-order valence-corrected chi connectivity index (χ4v) is 1.60. The minimum absolute atomic E-state index is 0.171. The van der Waals surface area contributed by atoms with Gasteiger partial charge in [0.05, 0.1) is 0 Å². The molecule has 18 heavy (non-hydrogen) atoms. The fourth-order valence-electron chi connectivity index (χ4n) is 1.60. The summed E-state index contributed by atoms with van der Waals surface area (Å²) in [6.07, 6.45) is 2.83. The van der Waals surface area contributed by atoms with Gasteiger partial charge in [-0.05, 0) is 17.7 Å². The molecular weight excluding hydrogens is 234 g/mol. The molecule has 1 aromatic carbocycles. The maximum atomic E-state index is 11.3. The lowest BCUT2D eigenvalue weighted by Gasteiger charge is -2.07. The van der Waals surface area contributed by atoms with E-state index in [0.29, 0.717) is 6.54 Å². The highest BCUT2D eigenvalue weighted by Gasteiger charge is 2.08. The quantitative estimate of drug-likeness (QED) is 0.854. The van der Waals surface area contributed by atoms with Crippen LogP contribution in [0, 0.1) is 0 Å². The van der Waals surface area contributed by atoms with Crippen molar-refractivity contribution in [3.63, 3.8) is 0 Å². The van der Waals surface area contributed by atoms with E-state index in [9.17, 15) is 9.59 Å². The number of benzene rings is 1. The SMILES string of the molecule is O=C(O)c1cn(Cc2ccc(O)cc2)ccc1=O. The molecule has 1 heterocycles. The predicted octanol–water partition coefficient (Wildman–Crippen LogP) is 1.30. The number of carbonyl (C=O) groups is 1. The average molecular weight is 245 g/mol. The maximum absolute atomic E-state index is 11.3. The smallest absolute Gasteiger partial charge is 0.341 e. The first-order chi connectivity index (χ1) is 8.56. The largest absolute Gasteiger partial charge is 0.508 e. The summed E-state index contributed by atoms with van der Waals surface area (Å²) in [6, 6.07) is 7.79. The maximum Gasteiger partial charge on any atom is 0.341 e. The van der Waals surface area contributed by atoms with Gasteiger partial charge in [0.15, 0.2) is 5.43 Å². The molecule has 0 bridgehead atoms. The number of carboxylic acids is 1. The van der Waals surface area contributed by atoms with E-state index in [-0.39, 0.29) is 11.3 Å². The zero-order chi connectivity index (χ0) is 13.1. The summed E-state index contributed by atoms with van der Waals surface area (Å²) in [5, 5.41) is 18.0. The van der Waals surface area contributed by atoms with Crippen LogP contribution in [0.5, 0.6) is 5.75 Å². The van der Waals surface area contributed by atoms with Crippen LogP contribution in [0.4, 0.5) is 0 Å². The van der Waals surface area contributed by atoms with E-state index in [0.717, 1.165) is 5.56 Å². The summed E-state index contributed by atoms with van der Waals surface area (Å²) >= 11 is 0. The number of pyridine rings is 1. The van der Waals surface area contributed by atoms with Crippen molar-refractivity contribution in [1.29, 1.82) is 0 Å². The van der Waals surface area contributed by atoms with Crippen LogP contribution in [-0.4, -0.2) is 20.7 Å². The van der Waals surface area contributed by atoms with Crippen molar-refractivity contribution in [2.45, 2.75) is 6.54 Å². The molecular formula is C13H11NO4. The Hall–Kier alpha value is -2.56. The highest BCUT2D eigenvalue weighted by atomic mass is 16.4. The molecule has 0 amide bonds. The van der Waals surface area contributed by atoms with Gasteiger partial charge in [-0.1, -0.05) is 12.1 Å². The number of phenolic OH excluding ortho intramolecular Hbond substituents is 1. The Morgan fingerprint density at radius 3 is 2.44 bits per heavy atom. The lowest BCUT2D eigenvalue weighted by Crippen LogP contribution is -2.16. The van der Waals surface area contributed by atoms with E-state index in [2.05, 4.69) is 0 Å². The minimum Gasteiger partial charge on any atom is -0.508 e. The van der Waals surface area contributed by atoms with Crippen LogP contribution in [0.3, 0.4) is 0 Å². The third kappa shape index (κ3) is 2.57. The van der Waals surface area contributed by atoms with Crippen molar-refractivity contribution in [2.75, 3.05) is 0 Å². The van der Waals surface area contributed by atoms with Crippen molar-refractivity contribution < 1.29 is 15.0 Å². The van der Waals surface area contributed by atoms with Crippen molar-refractivity contribution >= 4 is 5.97 Å². The molecule has 0 aliphatic rings. The molecule has 5 heteroatoms. The second kappa shape index (κ2) is 4.75. The Kier molecular flexibility index (Phi) is 3.14. The number of phenols is 1. The van der Waals surface area contributed by atoms with Crippen molar-refractivity contribution in [1.82, 2.24) is 4.57 Å². The number of aromatic hydroxyl groups is 1. The third-order valence-electron chi connectivity index (χ3n) is 2.51. The molecule has 0 atom stereocenters. The van der Waals surface area contributed by atoms with Gasteiger partial charge in [-0.2, -0.15) is 0 Å². The highest BCUT2D eigenvalue weighted by Crippen LogP contribution is 2.10. The molecule has 1 aromatic heterocycles. The van der Waals surface area contributed by atoms with Gasteiger partial charge >= 0.3 is 5.97 Å². The summed E-state index contributed by atoms with van der Waals surface area (Å²) in [5.74, 6) is -1.06. The summed E-state index contributed by atoms with van der Waals surface area (Å²) in [5.41, 5.74) is 0.133. The number of hydrogen-bond acceptors (Lipinski definition) is 3. The first-order valence-corrected chi connectivity index (χ1v) is 5.27. The Balaban J connectivity index is 2.30. The summed E-state index contributed by atoms with van der Waals surface area (Å²) < 4.78 is 1.61. The molecule has 0 unspecified atom stereocenters. The molecule has 0 radical (unpaired) electrons. The second-order valence-corrected chi connectivity index (χ2v) is 3.87. The molecule has 0 aliphatic heterocycles. The Morgan fingerprint density at radius 2 is 1.83 bits per heavy atom. The van der Waals surface area contributed by atoms with E-state index in [4.69, 9.17) is 10.2 Å². The lowest BCUT2D eigenvalue weighted by atomic mass is 10.2. The topological polar surface area (TPSA) is 79.5 Å². The molecule has 92 valence electrons. The van der Waals surface area contributed by atoms with E-state index in [1.165, 1.54) is 18.5 Å². The number of carboxylic acid groups (broad SMARTS) is 1. The van der Waals surface area contributed by atoms with Crippen LogP contribution in [0.1, 0.15) is 15.9 Å². The molecule has 0 saturated carbocycles. The van der Waals surface area contributed by atoms with Crippen LogP contribution >= 0.6 is 0 Å². The van der Waals surface area contributed by atoms with Gasteiger partial charge in [-0.25, -0.2) is 4.79 Å². The van der Waals surface area contributed by atoms with Crippen LogP contribution < -0.4 is 5.43 Å². The predicted molar refractivity (Wildman–Crippen MR) is 64.9 cm³/mol. The molecule has 0 fully saturated rings. The van der Waals surface area contributed by atoms with E-state index >= 15 is 0 Å².